The zero-order valence-corrected chi connectivity index (χ0v) is 22.6. The van der Waals surface area contributed by atoms with Gasteiger partial charge in [0.25, 0.3) is 0 Å². The highest BCUT2D eigenvalue weighted by Gasteiger charge is 2.32. The highest BCUT2D eigenvalue weighted by Crippen LogP contribution is 2.30. The van der Waals surface area contributed by atoms with Crippen molar-refractivity contribution in [1.29, 1.82) is 0 Å². The molecule has 3 heterocycles. The smallest absolute Gasteiger partial charge is 0.231 e. The van der Waals surface area contributed by atoms with Crippen LogP contribution in [0.4, 0.5) is 10.2 Å². The fourth-order valence-corrected chi connectivity index (χ4v) is 5.37. The van der Waals surface area contributed by atoms with Crippen LogP contribution in [0.15, 0.2) is 24.5 Å². The second-order valence-corrected chi connectivity index (χ2v) is 10.6. The predicted molar refractivity (Wildman–Crippen MR) is 142 cm³/mol. The van der Waals surface area contributed by atoms with E-state index in [1.54, 1.807) is 18.5 Å². The number of likely N-dealkylation sites (N-methyl/N-ethyl adjacent to an activating group) is 1. The van der Waals surface area contributed by atoms with Gasteiger partial charge in [-0.25, -0.2) is 14.4 Å². The van der Waals surface area contributed by atoms with Gasteiger partial charge >= 0.3 is 0 Å². The van der Waals surface area contributed by atoms with Crippen molar-refractivity contribution >= 4 is 23.3 Å². The van der Waals surface area contributed by atoms with Crippen molar-refractivity contribution in [3.8, 4) is 0 Å². The lowest BCUT2D eigenvalue weighted by Crippen LogP contribution is -2.52. The molecule has 36 heavy (non-hydrogen) atoms. The van der Waals surface area contributed by atoms with E-state index in [1.165, 1.54) is 11.6 Å². The summed E-state index contributed by atoms with van der Waals surface area (Å²) in [6.07, 6.45) is 2.52. The summed E-state index contributed by atoms with van der Waals surface area (Å²) in [6.45, 7) is 13.4. The van der Waals surface area contributed by atoms with E-state index in [4.69, 9.17) is 11.6 Å². The van der Waals surface area contributed by atoms with E-state index < -0.39 is 11.7 Å². The number of amides is 1. The molecule has 0 saturated carbocycles. The summed E-state index contributed by atoms with van der Waals surface area (Å²) in [5, 5.41) is 0.0791. The van der Waals surface area contributed by atoms with Crippen molar-refractivity contribution < 1.29 is 9.18 Å². The van der Waals surface area contributed by atoms with Gasteiger partial charge in [0.05, 0.1) is 10.9 Å². The SMILES string of the molecule is CCc1ncnc(N2CCN(C(=O)[C@H](CN3CCN(C)CC3)c3ccc(Cl)c(F)c3)CC2)c1C(C)C. The second kappa shape index (κ2) is 11.8. The molecule has 2 aliphatic heterocycles. The van der Waals surface area contributed by atoms with Crippen LogP contribution in [0.5, 0.6) is 0 Å². The summed E-state index contributed by atoms with van der Waals surface area (Å²) in [5.41, 5.74) is 2.98. The minimum Gasteiger partial charge on any atom is -0.353 e. The molecule has 1 atom stereocenters. The largest absolute Gasteiger partial charge is 0.353 e. The summed E-state index contributed by atoms with van der Waals surface area (Å²) in [6, 6.07) is 4.78. The molecular formula is C27H38ClFN6O. The molecule has 1 aromatic carbocycles. The first-order valence-electron chi connectivity index (χ1n) is 13.0. The maximum atomic E-state index is 14.4. The molecule has 196 valence electrons. The fourth-order valence-electron chi connectivity index (χ4n) is 5.25. The Morgan fingerprint density at radius 3 is 2.36 bits per heavy atom. The number of hydrogen-bond acceptors (Lipinski definition) is 6. The summed E-state index contributed by atoms with van der Waals surface area (Å²) in [5.74, 6) is 0.452. The van der Waals surface area contributed by atoms with Crippen molar-refractivity contribution in [2.75, 3.05) is 70.9 Å². The van der Waals surface area contributed by atoms with E-state index in [0.717, 1.165) is 44.1 Å². The zero-order chi connectivity index (χ0) is 25.8. The Bertz CT molecular complexity index is 1050. The maximum Gasteiger partial charge on any atom is 0.231 e. The van der Waals surface area contributed by atoms with Gasteiger partial charge in [-0.05, 0) is 37.1 Å². The Hall–Kier alpha value is -2.29. The lowest BCUT2D eigenvalue weighted by atomic mass is 9.95. The van der Waals surface area contributed by atoms with E-state index in [2.05, 4.69) is 52.5 Å². The van der Waals surface area contributed by atoms with Gasteiger partial charge in [0, 0.05) is 70.2 Å². The van der Waals surface area contributed by atoms with E-state index in [1.807, 2.05) is 4.90 Å². The molecule has 9 heteroatoms. The molecule has 2 saturated heterocycles. The highest BCUT2D eigenvalue weighted by atomic mass is 35.5. The molecule has 0 N–H and O–H groups in total. The van der Waals surface area contributed by atoms with Crippen molar-refractivity contribution in [1.82, 2.24) is 24.7 Å². The number of halogens is 2. The number of benzene rings is 1. The molecule has 0 aliphatic carbocycles. The van der Waals surface area contributed by atoms with Crippen LogP contribution in [0.25, 0.3) is 0 Å². The van der Waals surface area contributed by atoms with Crippen LogP contribution in [0.3, 0.4) is 0 Å². The number of rotatable bonds is 7. The van der Waals surface area contributed by atoms with E-state index >= 15 is 0 Å². The van der Waals surface area contributed by atoms with Gasteiger partial charge in [0.1, 0.15) is 18.0 Å². The number of carbonyl (C=O) groups is 1. The van der Waals surface area contributed by atoms with E-state index in [0.29, 0.717) is 44.2 Å². The molecule has 0 radical (unpaired) electrons. The first-order chi connectivity index (χ1) is 17.3. The fraction of sp³-hybridized carbons (Fsp3) is 0.593. The third-order valence-corrected chi connectivity index (χ3v) is 7.74. The van der Waals surface area contributed by atoms with Gasteiger partial charge in [-0.2, -0.15) is 0 Å². The number of aromatic nitrogens is 2. The van der Waals surface area contributed by atoms with Crippen LogP contribution in [-0.2, 0) is 11.2 Å². The van der Waals surface area contributed by atoms with Crippen LogP contribution < -0.4 is 4.90 Å². The Balaban J connectivity index is 1.50. The monoisotopic (exact) mass is 516 g/mol. The van der Waals surface area contributed by atoms with Crippen molar-refractivity contribution in [3.05, 3.63) is 52.2 Å². The first kappa shape index (κ1) is 26.8. The van der Waals surface area contributed by atoms with Crippen molar-refractivity contribution in [3.63, 3.8) is 0 Å². The van der Waals surface area contributed by atoms with Gasteiger partial charge in [-0.15, -0.1) is 0 Å². The molecule has 0 bridgehead atoms. The molecule has 2 aromatic rings. The van der Waals surface area contributed by atoms with Gasteiger partial charge in [0.15, 0.2) is 0 Å². The number of piperazine rings is 2. The van der Waals surface area contributed by atoms with Crippen LogP contribution >= 0.6 is 11.6 Å². The van der Waals surface area contributed by atoms with Crippen LogP contribution in [0.1, 0.15) is 49.4 Å². The standard InChI is InChI=1S/C27H38ClFN6O/c1-5-24-25(19(2)3)26(31-18-30-24)34-12-14-35(15-13-34)27(36)21(17-33-10-8-32(4)9-11-33)20-6-7-22(28)23(29)16-20/h6-7,16,18-19,21H,5,8-15,17H2,1-4H3/t21-/m1/s1. The Morgan fingerprint density at radius 2 is 1.75 bits per heavy atom. The number of anilines is 1. The molecule has 2 fully saturated rings. The Morgan fingerprint density at radius 1 is 1.06 bits per heavy atom. The molecule has 2 aliphatic rings. The van der Waals surface area contributed by atoms with Crippen molar-refractivity contribution in [2.45, 2.75) is 39.0 Å². The number of carbonyl (C=O) groups excluding carboxylic acids is 1. The minimum absolute atomic E-state index is 0.0521. The molecule has 0 spiro atoms. The lowest BCUT2D eigenvalue weighted by Gasteiger charge is -2.39. The summed E-state index contributed by atoms with van der Waals surface area (Å²) in [4.78, 5) is 31.8. The number of nitrogens with zero attached hydrogens (tertiary/aromatic N) is 6. The summed E-state index contributed by atoms with van der Waals surface area (Å²) < 4.78 is 14.4. The second-order valence-electron chi connectivity index (χ2n) is 10.2. The summed E-state index contributed by atoms with van der Waals surface area (Å²) in [7, 11) is 2.11. The van der Waals surface area contributed by atoms with Gasteiger partial charge in [0.2, 0.25) is 5.91 Å². The van der Waals surface area contributed by atoms with Crippen LogP contribution in [0, 0.1) is 5.82 Å². The number of aryl methyl sites for hydroxylation is 1. The quantitative estimate of drug-likeness (QED) is 0.560. The molecular weight excluding hydrogens is 479 g/mol. The highest BCUT2D eigenvalue weighted by molar-refractivity contribution is 6.30. The maximum absolute atomic E-state index is 14.4. The number of hydrogen-bond donors (Lipinski definition) is 0. The summed E-state index contributed by atoms with van der Waals surface area (Å²) >= 11 is 5.95. The third-order valence-electron chi connectivity index (χ3n) is 7.43. The molecule has 0 unspecified atom stereocenters. The molecule has 1 amide bonds. The average molecular weight is 517 g/mol. The molecule has 7 nitrogen and oxygen atoms in total. The molecule has 4 rings (SSSR count). The molecule has 1 aromatic heterocycles. The first-order valence-corrected chi connectivity index (χ1v) is 13.4. The third kappa shape index (κ3) is 5.98. The van der Waals surface area contributed by atoms with E-state index in [9.17, 15) is 9.18 Å². The lowest BCUT2D eigenvalue weighted by molar-refractivity contribution is -0.133. The Labute approximate surface area is 219 Å². The predicted octanol–water partition coefficient (Wildman–Crippen LogP) is 3.63. The topological polar surface area (TPSA) is 55.8 Å². The van der Waals surface area contributed by atoms with Gasteiger partial charge in [-0.1, -0.05) is 38.4 Å². The average Bonchev–Trinajstić information content (AvgIpc) is 2.89. The van der Waals surface area contributed by atoms with E-state index in [-0.39, 0.29) is 10.9 Å². The van der Waals surface area contributed by atoms with Crippen LogP contribution in [-0.4, -0.2) is 96.5 Å². The van der Waals surface area contributed by atoms with Crippen molar-refractivity contribution in [2.24, 2.45) is 0 Å². The van der Waals surface area contributed by atoms with Gasteiger partial charge in [-0.3, -0.25) is 9.69 Å². The normalized spacial score (nSPS) is 18.6. The van der Waals surface area contributed by atoms with Crippen LogP contribution in [0.2, 0.25) is 5.02 Å². The zero-order valence-electron chi connectivity index (χ0n) is 21.9. The minimum atomic E-state index is -0.480. The van der Waals surface area contributed by atoms with Gasteiger partial charge < -0.3 is 14.7 Å². The Kier molecular flexibility index (Phi) is 8.80.